The summed E-state index contributed by atoms with van der Waals surface area (Å²) in [7, 11) is 1.66. The highest BCUT2D eigenvalue weighted by molar-refractivity contribution is 9.10. The van der Waals surface area contributed by atoms with E-state index >= 15 is 0 Å². The third-order valence-corrected chi connectivity index (χ3v) is 4.85. The van der Waals surface area contributed by atoms with E-state index in [1.165, 1.54) is 19.3 Å². The number of methoxy groups -OCH3 is 1. The summed E-state index contributed by atoms with van der Waals surface area (Å²) in [6.07, 6.45) is 7.36. The van der Waals surface area contributed by atoms with E-state index in [1.807, 2.05) is 0 Å². The van der Waals surface area contributed by atoms with Crippen molar-refractivity contribution in [3.05, 3.63) is 16.4 Å². The highest BCUT2D eigenvalue weighted by Crippen LogP contribution is 2.34. The van der Waals surface area contributed by atoms with Crippen molar-refractivity contribution in [1.29, 1.82) is 0 Å². The minimum atomic E-state index is 0.156. The summed E-state index contributed by atoms with van der Waals surface area (Å²) in [4.78, 5) is 12.8. The zero-order valence-electron chi connectivity index (χ0n) is 12.3. The van der Waals surface area contributed by atoms with E-state index in [0.29, 0.717) is 24.8 Å². The van der Waals surface area contributed by atoms with Crippen LogP contribution in [-0.2, 0) is 11.3 Å². The molecule has 0 N–H and O–H groups in total. The zero-order chi connectivity index (χ0) is 14.5. The molecule has 0 aromatic carbocycles. The normalized spacial score (nSPS) is 22.9. The van der Waals surface area contributed by atoms with E-state index in [-0.39, 0.29) is 11.7 Å². The molecule has 1 saturated carbocycles. The molecule has 1 aliphatic rings. The first-order valence-electron chi connectivity index (χ1n) is 7.41. The van der Waals surface area contributed by atoms with Crippen molar-refractivity contribution in [1.82, 2.24) is 9.78 Å². The molecular weight excluding hydrogens is 320 g/mol. The molecule has 0 radical (unpaired) electrons. The molecule has 20 heavy (non-hydrogen) atoms. The number of carbonyl (C=O) groups is 1. The summed E-state index contributed by atoms with van der Waals surface area (Å²) >= 11 is 3.46. The van der Waals surface area contributed by atoms with Gasteiger partial charge in [0.25, 0.3) is 0 Å². The molecule has 2 atom stereocenters. The monoisotopic (exact) mass is 342 g/mol. The van der Waals surface area contributed by atoms with Crippen molar-refractivity contribution in [2.45, 2.75) is 45.6 Å². The van der Waals surface area contributed by atoms with Gasteiger partial charge in [0.2, 0.25) is 0 Å². The second-order valence-corrected chi connectivity index (χ2v) is 6.41. The van der Waals surface area contributed by atoms with Crippen LogP contribution in [0.15, 0.2) is 10.7 Å². The number of hydrogen-bond donors (Lipinski definition) is 0. The van der Waals surface area contributed by atoms with Crippen LogP contribution in [0.5, 0.6) is 0 Å². The summed E-state index contributed by atoms with van der Waals surface area (Å²) < 4.78 is 7.65. The maximum atomic E-state index is 12.8. The molecular formula is C15H23BrN2O2. The van der Waals surface area contributed by atoms with Gasteiger partial charge in [-0.3, -0.25) is 9.48 Å². The summed E-state index contributed by atoms with van der Waals surface area (Å²) in [5.41, 5.74) is 0.712. The topological polar surface area (TPSA) is 44.1 Å². The molecule has 0 spiro atoms. The number of ketones is 1. The van der Waals surface area contributed by atoms with Crippen molar-refractivity contribution in [2.24, 2.45) is 11.8 Å². The molecule has 0 aliphatic heterocycles. The van der Waals surface area contributed by atoms with E-state index in [1.54, 1.807) is 18.0 Å². The third-order valence-electron chi connectivity index (χ3n) is 4.27. The van der Waals surface area contributed by atoms with Crippen LogP contribution in [-0.4, -0.2) is 29.3 Å². The number of carbonyl (C=O) groups excluding carboxylic acids is 1. The lowest BCUT2D eigenvalue weighted by atomic mass is 9.78. The molecule has 1 aromatic rings. The van der Waals surface area contributed by atoms with Crippen molar-refractivity contribution >= 4 is 21.7 Å². The van der Waals surface area contributed by atoms with E-state index < -0.39 is 0 Å². The summed E-state index contributed by atoms with van der Waals surface area (Å²) in [5.74, 6) is 1.10. The van der Waals surface area contributed by atoms with Crippen LogP contribution in [0.25, 0.3) is 0 Å². The van der Waals surface area contributed by atoms with E-state index in [2.05, 4.69) is 28.0 Å². The molecule has 112 valence electrons. The van der Waals surface area contributed by atoms with Gasteiger partial charge in [-0.1, -0.05) is 26.2 Å². The van der Waals surface area contributed by atoms with Crippen LogP contribution in [0.2, 0.25) is 0 Å². The van der Waals surface area contributed by atoms with Gasteiger partial charge in [-0.15, -0.1) is 0 Å². The molecule has 0 bridgehead atoms. The van der Waals surface area contributed by atoms with Crippen molar-refractivity contribution in [2.75, 3.05) is 13.7 Å². The van der Waals surface area contributed by atoms with Gasteiger partial charge in [0, 0.05) is 13.0 Å². The fourth-order valence-corrected chi connectivity index (χ4v) is 3.54. The minimum absolute atomic E-state index is 0.156. The van der Waals surface area contributed by atoms with Crippen molar-refractivity contribution in [3.8, 4) is 0 Å². The van der Waals surface area contributed by atoms with Crippen LogP contribution in [0.3, 0.4) is 0 Å². The van der Waals surface area contributed by atoms with Gasteiger partial charge in [-0.2, -0.15) is 5.10 Å². The Bertz CT molecular complexity index is 459. The second-order valence-electron chi connectivity index (χ2n) is 5.56. The Balaban J connectivity index is 2.13. The molecule has 1 aliphatic carbocycles. The Morgan fingerprint density at radius 2 is 2.35 bits per heavy atom. The zero-order valence-corrected chi connectivity index (χ0v) is 13.9. The van der Waals surface area contributed by atoms with Gasteiger partial charge < -0.3 is 4.74 Å². The van der Waals surface area contributed by atoms with E-state index in [9.17, 15) is 4.79 Å². The molecule has 2 rings (SSSR count). The maximum Gasteiger partial charge on any atom is 0.185 e. The lowest BCUT2D eigenvalue weighted by Crippen LogP contribution is -2.25. The first kappa shape index (κ1) is 15.7. The molecule has 1 aromatic heterocycles. The Morgan fingerprint density at radius 3 is 3.05 bits per heavy atom. The predicted octanol–water partition coefficient (Wildman–Crippen LogP) is 3.69. The fraction of sp³-hybridized carbons (Fsp3) is 0.733. The summed E-state index contributed by atoms with van der Waals surface area (Å²) in [5, 5.41) is 4.28. The van der Waals surface area contributed by atoms with Gasteiger partial charge in [0.1, 0.15) is 5.69 Å². The van der Waals surface area contributed by atoms with Gasteiger partial charge in [0.15, 0.2) is 5.78 Å². The summed E-state index contributed by atoms with van der Waals surface area (Å²) in [6.45, 7) is 3.40. The highest BCUT2D eigenvalue weighted by atomic mass is 79.9. The Hall–Kier alpha value is -0.680. The third kappa shape index (κ3) is 3.50. The maximum absolute atomic E-state index is 12.8. The van der Waals surface area contributed by atoms with Crippen LogP contribution in [0.4, 0.5) is 0 Å². The van der Waals surface area contributed by atoms with Gasteiger partial charge >= 0.3 is 0 Å². The summed E-state index contributed by atoms with van der Waals surface area (Å²) in [6, 6.07) is 0. The molecule has 1 fully saturated rings. The Kier molecular flexibility index (Phi) is 5.78. The fourth-order valence-electron chi connectivity index (χ4n) is 3.05. The molecule has 0 saturated heterocycles. The minimum Gasteiger partial charge on any atom is -0.383 e. The first-order valence-corrected chi connectivity index (χ1v) is 8.21. The number of hydrogen-bond acceptors (Lipinski definition) is 3. The van der Waals surface area contributed by atoms with Crippen LogP contribution in [0, 0.1) is 11.8 Å². The lowest BCUT2D eigenvalue weighted by molar-refractivity contribution is 0.0846. The standard InChI is InChI=1S/C15H23BrN2O2/c1-3-11-5-4-6-12(9-11)15(19)14-13(16)10-17-18(14)7-8-20-2/h10-12H,3-9H2,1-2H3. The second kappa shape index (κ2) is 7.36. The van der Waals surface area contributed by atoms with Crippen molar-refractivity contribution in [3.63, 3.8) is 0 Å². The number of Topliss-reactive ketones (excluding diaryl/α,β-unsaturated/α-hetero) is 1. The average Bonchev–Trinajstić information content (AvgIpc) is 2.85. The average molecular weight is 343 g/mol. The number of aromatic nitrogens is 2. The smallest absolute Gasteiger partial charge is 0.185 e. The predicted molar refractivity (Wildman–Crippen MR) is 81.9 cm³/mol. The van der Waals surface area contributed by atoms with Gasteiger partial charge in [-0.25, -0.2) is 0 Å². The van der Waals surface area contributed by atoms with Crippen molar-refractivity contribution < 1.29 is 9.53 Å². The van der Waals surface area contributed by atoms with Crippen LogP contribution >= 0.6 is 15.9 Å². The van der Waals surface area contributed by atoms with Gasteiger partial charge in [-0.05, 0) is 34.7 Å². The van der Waals surface area contributed by atoms with E-state index in [4.69, 9.17) is 4.74 Å². The number of ether oxygens (including phenoxy) is 1. The molecule has 2 unspecified atom stereocenters. The first-order chi connectivity index (χ1) is 9.67. The number of rotatable bonds is 6. The quantitative estimate of drug-likeness (QED) is 0.740. The molecule has 0 amide bonds. The Labute approximate surface area is 129 Å². The molecule has 4 nitrogen and oxygen atoms in total. The Morgan fingerprint density at radius 1 is 1.55 bits per heavy atom. The van der Waals surface area contributed by atoms with Crippen LogP contribution in [0.1, 0.15) is 49.5 Å². The van der Waals surface area contributed by atoms with Gasteiger partial charge in [0.05, 0.1) is 23.8 Å². The SMILES string of the molecule is CCC1CCCC(C(=O)c2c(Br)cnn2CCOC)C1. The largest absolute Gasteiger partial charge is 0.383 e. The molecule has 5 heteroatoms. The highest BCUT2D eigenvalue weighted by Gasteiger charge is 2.30. The van der Waals surface area contributed by atoms with Crippen LogP contribution < -0.4 is 0 Å². The van der Waals surface area contributed by atoms with E-state index in [0.717, 1.165) is 17.3 Å². The number of nitrogens with zero attached hydrogens (tertiary/aromatic N) is 2. The number of halogens is 1. The lowest BCUT2D eigenvalue weighted by Gasteiger charge is -2.27. The molecule has 1 heterocycles.